The molecule has 1 amide bonds. The van der Waals surface area contributed by atoms with Crippen LogP contribution in [0.2, 0.25) is 0 Å². The summed E-state index contributed by atoms with van der Waals surface area (Å²) in [5, 5.41) is 23.3. The maximum atomic E-state index is 12.5. The molecule has 0 aromatic rings. The van der Waals surface area contributed by atoms with Crippen LogP contribution in [0.5, 0.6) is 0 Å². The first-order valence-corrected chi connectivity index (χ1v) is 38.5. The van der Waals surface area contributed by atoms with Crippen LogP contribution < -0.4 is 5.32 Å². The number of carbonyl (C=O) groups excluding carboxylic acids is 2. The quantitative estimate of drug-likeness (QED) is 0.0320. The second kappa shape index (κ2) is 73.1. The Morgan fingerprint density at radius 3 is 0.819 bits per heavy atom. The normalized spacial score (nSPS) is 12.5. The molecule has 0 radical (unpaired) electrons. The van der Waals surface area contributed by atoms with E-state index < -0.39 is 12.1 Å². The highest BCUT2D eigenvalue weighted by Crippen LogP contribution is 2.20. The third-order valence-electron chi connectivity index (χ3n) is 18.3. The van der Waals surface area contributed by atoms with Crippen molar-refractivity contribution in [3.05, 3.63) is 12.2 Å². The van der Waals surface area contributed by atoms with Gasteiger partial charge in [0.25, 0.3) is 0 Å². The van der Waals surface area contributed by atoms with Crippen molar-refractivity contribution in [1.82, 2.24) is 5.32 Å². The number of allylic oxidation sites excluding steroid dienone is 1. The monoisotopic (exact) mass is 1170 g/mol. The number of carbonyl (C=O) groups is 2. The van der Waals surface area contributed by atoms with E-state index in [0.717, 1.165) is 38.5 Å². The minimum absolute atomic E-state index is 0.0234. The molecule has 0 aliphatic rings. The number of aliphatic hydroxyl groups is 2. The Balaban J connectivity index is 3.35. The molecule has 3 N–H and O–H groups in total. The topological polar surface area (TPSA) is 95.9 Å². The van der Waals surface area contributed by atoms with Gasteiger partial charge >= 0.3 is 5.97 Å². The zero-order valence-electron chi connectivity index (χ0n) is 56.7. The minimum atomic E-state index is -0.843. The van der Waals surface area contributed by atoms with Crippen LogP contribution >= 0.6 is 0 Å². The predicted octanol–water partition coefficient (Wildman–Crippen LogP) is 25.1. The van der Waals surface area contributed by atoms with Crippen molar-refractivity contribution in [1.29, 1.82) is 0 Å². The summed E-state index contributed by atoms with van der Waals surface area (Å²) in [5.74, 6) is -0.0367. The van der Waals surface area contributed by atoms with E-state index in [0.29, 0.717) is 19.4 Å². The number of rotatable bonds is 73. The number of hydrogen-bond donors (Lipinski definition) is 3. The summed E-state index contributed by atoms with van der Waals surface area (Å²) in [6, 6.07) is -0.626. The second-order valence-corrected chi connectivity index (χ2v) is 26.7. The highest BCUT2D eigenvalue weighted by atomic mass is 16.5. The molecule has 0 bridgehead atoms. The van der Waals surface area contributed by atoms with Crippen molar-refractivity contribution in [2.45, 2.75) is 456 Å². The van der Waals surface area contributed by atoms with Gasteiger partial charge in [0.2, 0.25) is 5.91 Å². The van der Waals surface area contributed by atoms with E-state index in [9.17, 15) is 19.8 Å². The van der Waals surface area contributed by atoms with Gasteiger partial charge < -0.3 is 20.3 Å². The van der Waals surface area contributed by atoms with Crippen molar-refractivity contribution in [3.8, 4) is 0 Å². The molecule has 0 saturated heterocycles. The Labute approximate surface area is 520 Å². The standard InChI is InChI=1S/C77H151NO5/c1-3-5-7-9-11-13-15-17-19-21-23-31-34-37-41-45-49-53-57-61-65-69-75(80)74(73-79)78-76(81)70-66-62-58-54-50-46-42-38-35-32-29-27-25-24-26-28-30-33-36-40-44-48-52-56-60-64-68-72-83-77(82)71-67-63-59-55-51-47-43-39-22-20-18-16-14-12-10-8-6-4-2/h65,69,74-75,79-80H,3-64,66-68,70-73H2,1-2H3,(H,78,81)/b69-65+. The fourth-order valence-electron chi connectivity index (χ4n) is 12.5. The Hall–Kier alpha value is -1.40. The number of ether oxygens (including phenoxy) is 1. The molecular formula is C77H151NO5. The Kier molecular flexibility index (Phi) is 71.8. The van der Waals surface area contributed by atoms with Gasteiger partial charge in [0, 0.05) is 12.8 Å². The van der Waals surface area contributed by atoms with Gasteiger partial charge in [-0.05, 0) is 32.1 Å². The smallest absolute Gasteiger partial charge is 0.305 e. The lowest BCUT2D eigenvalue weighted by molar-refractivity contribution is -0.143. The maximum absolute atomic E-state index is 12.5. The van der Waals surface area contributed by atoms with Crippen LogP contribution in [0.1, 0.15) is 444 Å². The van der Waals surface area contributed by atoms with Crippen molar-refractivity contribution in [3.63, 3.8) is 0 Å². The zero-order valence-corrected chi connectivity index (χ0v) is 56.7. The molecule has 2 atom stereocenters. The van der Waals surface area contributed by atoms with Gasteiger partial charge in [0.1, 0.15) is 0 Å². The molecule has 0 aliphatic carbocycles. The molecule has 0 saturated carbocycles. The largest absolute Gasteiger partial charge is 0.466 e. The molecule has 0 spiro atoms. The molecule has 0 rings (SSSR count). The van der Waals surface area contributed by atoms with Crippen molar-refractivity contribution in [2.75, 3.05) is 13.2 Å². The predicted molar refractivity (Wildman–Crippen MR) is 366 cm³/mol. The summed E-state index contributed by atoms with van der Waals surface area (Å²) in [5.41, 5.74) is 0. The first kappa shape index (κ1) is 81.6. The molecule has 0 aromatic carbocycles. The minimum Gasteiger partial charge on any atom is -0.466 e. The highest BCUT2D eigenvalue weighted by molar-refractivity contribution is 5.76. The first-order chi connectivity index (χ1) is 41.0. The van der Waals surface area contributed by atoms with Gasteiger partial charge in [-0.15, -0.1) is 0 Å². The highest BCUT2D eigenvalue weighted by Gasteiger charge is 2.18. The lowest BCUT2D eigenvalue weighted by atomic mass is 10.0. The number of aliphatic hydroxyl groups excluding tert-OH is 2. The SMILES string of the molecule is CCCCCCCCCCCCCCCCCCCCC/C=C/C(O)C(CO)NC(=O)CCCCCCCCCCCCCCCCCCCCCCCCCCCCCOC(=O)CCCCCCCCCCCCCCCCCCCC. The van der Waals surface area contributed by atoms with Crippen molar-refractivity contribution in [2.24, 2.45) is 0 Å². The number of nitrogens with one attached hydrogen (secondary N) is 1. The van der Waals surface area contributed by atoms with Gasteiger partial charge in [-0.2, -0.15) is 0 Å². The summed E-state index contributed by atoms with van der Waals surface area (Å²) >= 11 is 0. The Morgan fingerprint density at radius 1 is 0.325 bits per heavy atom. The van der Waals surface area contributed by atoms with Crippen molar-refractivity contribution < 1.29 is 24.5 Å². The van der Waals surface area contributed by atoms with E-state index in [1.54, 1.807) is 6.08 Å². The number of amides is 1. The molecule has 0 fully saturated rings. The molecule has 494 valence electrons. The van der Waals surface area contributed by atoms with Gasteiger partial charge in [-0.3, -0.25) is 9.59 Å². The zero-order chi connectivity index (χ0) is 59.9. The first-order valence-electron chi connectivity index (χ1n) is 38.5. The van der Waals surface area contributed by atoms with Crippen molar-refractivity contribution >= 4 is 11.9 Å². The Morgan fingerprint density at radius 2 is 0.554 bits per heavy atom. The van der Waals surface area contributed by atoms with Gasteiger partial charge in [0.05, 0.1) is 25.4 Å². The summed E-state index contributed by atoms with van der Waals surface area (Å²) in [6.45, 7) is 4.97. The van der Waals surface area contributed by atoms with E-state index in [-0.39, 0.29) is 18.5 Å². The van der Waals surface area contributed by atoms with Gasteiger partial charge in [0.15, 0.2) is 0 Å². The number of esters is 1. The van der Waals surface area contributed by atoms with Crippen LogP contribution in [0, 0.1) is 0 Å². The number of hydrogen-bond acceptors (Lipinski definition) is 5. The van der Waals surface area contributed by atoms with Crippen LogP contribution in [0.25, 0.3) is 0 Å². The van der Waals surface area contributed by atoms with Crippen LogP contribution in [0.3, 0.4) is 0 Å². The average Bonchev–Trinajstić information content (AvgIpc) is 3.49. The summed E-state index contributed by atoms with van der Waals surface area (Å²) < 4.78 is 5.52. The van der Waals surface area contributed by atoms with Crippen LogP contribution in [-0.4, -0.2) is 47.4 Å². The third-order valence-corrected chi connectivity index (χ3v) is 18.3. The fourth-order valence-corrected chi connectivity index (χ4v) is 12.5. The molecule has 0 aromatic heterocycles. The van der Waals surface area contributed by atoms with Gasteiger partial charge in [-0.25, -0.2) is 0 Å². The molecule has 6 nitrogen and oxygen atoms in total. The fraction of sp³-hybridized carbons (Fsp3) is 0.948. The lowest BCUT2D eigenvalue weighted by Crippen LogP contribution is -2.45. The molecule has 0 aliphatic heterocycles. The molecule has 0 heterocycles. The molecule has 6 heteroatoms. The van der Waals surface area contributed by atoms with E-state index in [1.165, 1.54) is 379 Å². The maximum Gasteiger partial charge on any atom is 0.305 e. The number of unbranched alkanes of at least 4 members (excludes halogenated alkanes) is 62. The van der Waals surface area contributed by atoms with E-state index in [1.807, 2.05) is 6.08 Å². The molecule has 2 unspecified atom stereocenters. The van der Waals surface area contributed by atoms with E-state index in [2.05, 4.69) is 19.2 Å². The molecule has 83 heavy (non-hydrogen) atoms. The van der Waals surface area contributed by atoms with Gasteiger partial charge in [-0.1, -0.05) is 411 Å². The van der Waals surface area contributed by atoms with E-state index >= 15 is 0 Å². The van der Waals surface area contributed by atoms with Crippen LogP contribution in [-0.2, 0) is 14.3 Å². The third kappa shape index (κ3) is 69.6. The summed E-state index contributed by atoms with van der Waals surface area (Å²) in [6.07, 6.45) is 91.7. The average molecular weight is 1170 g/mol. The van der Waals surface area contributed by atoms with E-state index in [4.69, 9.17) is 4.74 Å². The molecular weight excluding hydrogens is 1020 g/mol. The lowest BCUT2D eigenvalue weighted by Gasteiger charge is -2.20. The Bertz CT molecular complexity index is 1260. The summed E-state index contributed by atoms with van der Waals surface area (Å²) in [7, 11) is 0. The second-order valence-electron chi connectivity index (χ2n) is 26.7. The van der Waals surface area contributed by atoms with Crippen LogP contribution in [0.4, 0.5) is 0 Å². The summed E-state index contributed by atoms with van der Waals surface area (Å²) in [4.78, 5) is 24.7. The van der Waals surface area contributed by atoms with Crippen LogP contribution in [0.15, 0.2) is 12.2 Å².